The molecule has 0 aliphatic heterocycles. The fraction of sp³-hybridized carbons (Fsp3) is 0.286. The molecule has 0 bridgehead atoms. The summed E-state index contributed by atoms with van der Waals surface area (Å²) in [5.74, 6) is 0.0385. The summed E-state index contributed by atoms with van der Waals surface area (Å²) in [5, 5.41) is 1.02. The molecule has 5 nitrogen and oxygen atoms in total. The highest BCUT2D eigenvalue weighted by atomic mass is 16.2. The SMILES string of the molecule is Cc1cc2ccccc2n(CCC(=O)N(C)CCc2ccncc2)c1=O. The number of carbonyl (C=O) groups excluding carboxylic acids is 1. The average Bonchev–Trinajstić information content (AvgIpc) is 2.67. The number of nitrogens with zero attached hydrogens (tertiary/aromatic N) is 3. The summed E-state index contributed by atoms with van der Waals surface area (Å²) >= 11 is 0. The number of aryl methyl sites for hydroxylation is 2. The Labute approximate surface area is 152 Å². The number of carbonyl (C=O) groups is 1. The van der Waals surface area contributed by atoms with Crippen LogP contribution in [-0.4, -0.2) is 34.0 Å². The van der Waals surface area contributed by atoms with Crippen LogP contribution >= 0.6 is 0 Å². The van der Waals surface area contributed by atoms with E-state index in [-0.39, 0.29) is 11.5 Å². The van der Waals surface area contributed by atoms with Crippen molar-refractivity contribution in [2.75, 3.05) is 13.6 Å². The number of hydrogen-bond acceptors (Lipinski definition) is 3. The van der Waals surface area contributed by atoms with E-state index in [1.165, 1.54) is 0 Å². The van der Waals surface area contributed by atoms with Gasteiger partial charge in [0.15, 0.2) is 0 Å². The van der Waals surface area contributed by atoms with E-state index < -0.39 is 0 Å². The molecule has 0 unspecified atom stereocenters. The summed E-state index contributed by atoms with van der Waals surface area (Å²) in [7, 11) is 1.81. The number of benzene rings is 1. The molecule has 1 aromatic carbocycles. The zero-order chi connectivity index (χ0) is 18.5. The number of aromatic nitrogens is 2. The second-order valence-electron chi connectivity index (χ2n) is 6.51. The highest BCUT2D eigenvalue weighted by molar-refractivity contribution is 5.80. The second-order valence-corrected chi connectivity index (χ2v) is 6.51. The minimum Gasteiger partial charge on any atom is -0.345 e. The van der Waals surface area contributed by atoms with Crippen LogP contribution in [0.1, 0.15) is 17.5 Å². The van der Waals surface area contributed by atoms with Gasteiger partial charge in [0.05, 0.1) is 5.52 Å². The summed E-state index contributed by atoms with van der Waals surface area (Å²) in [4.78, 5) is 30.7. The Kier molecular flexibility index (Phi) is 5.46. The molecule has 0 N–H and O–H groups in total. The van der Waals surface area contributed by atoms with Gasteiger partial charge < -0.3 is 9.47 Å². The van der Waals surface area contributed by atoms with Crippen molar-refractivity contribution in [1.82, 2.24) is 14.5 Å². The predicted octanol–water partition coefficient (Wildman–Crippen LogP) is 2.80. The molecule has 0 atom stereocenters. The first kappa shape index (κ1) is 17.9. The van der Waals surface area contributed by atoms with Crippen molar-refractivity contribution in [3.63, 3.8) is 0 Å². The first-order valence-electron chi connectivity index (χ1n) is 8.78. The summed E-state index contributed by atoms with van der Waals surface area (Å²) in [5.41, 5.74) is 2.69. The van der Waals surface area contributed by atoms with Gasteiger partial charge in [-0.25, -0.2) is 0 Å². The predicted molar refractivity (Wildman–Crippen MR) is 103 cm³/mol. The smallest absolute Gasteiger partial charge is 0.253 e. The zero-order valence-corrected chi connectivity index (χ0v) is 15.2. The van der Waals surface area contributed by atoms with Gasteiger partial charge in [0.1, 0.15) is 0 Å². The molecule has 0 spiro atoms. The first-order valence-corrected chi connectivity index (χ1v) is 8.78. The quantitative estimate of drug-likeness (QED) is 0.688. The molecular formula is C21H23N3O2. The normalized spacial score (nSPS) is 10.8. The van der Waals surface area contributed by atoms with Crippen molar-refractivity contribution in [2.45, 2.75) is 26.3 Å². The largest absolute Gasteiger partial charge is 0.345 e. The maximum absolute atomic E-state index is 12.5. The highest BCUT2D eigenvalue weighted by Crippen LogP contribution is 2.13. The molecule has 0 aliphatic carbocycles. The number of amides is 1. The van der Waals surface area contributed by atoms with Crippen LogP contribution in [0.3, 0.4) is 0 Å². The molecule has 0 saturated heterocycles. The molecule has 0 radical (unpaired) electrons. The number of hydrogen-bond donors (Lipinski definition) is 0. The topological polar surface area (TPSA) is 55.2 Å². The third kappa shape index (κ3) is 3.99. The van der Waals surface area contributed by atoms with Crippen molar-refractivity contribution >= 4 is 16.8 Å². The lowest BCUT2D eigenvalue weighted by Crippen LogP contribution is -2.31. The standard InChI is InChI=1S/C21H23N3O2/c1-16-15-18-5-3-4-6-19(18)24(21(16)26)14-10-20(25)23(2)13-9-17-7-11-22-12-8-17/h3-8,11-12,15H,9-10,13-14H2,1-2H3. The average molecular weight is 349 g/mol. The van der Waals surface area contributed by atoms with Crippen molar-refractivity contribution in [2.24, 2.45) is 0 Å². The van der Waals surface area contributed by atoms with Crippen molar-refractivity contribution in [1.29, 1.82) is 0 Å². The van der Waals surface area contributed by atoms with E-state index >= 15 is 0 Å². The molecule has 2 aromatic heterocycles. The molecule has 134 valence electrons. The highest BCUT2D eigenvalue weighted by Gasteiger charge is 2.12. The van der Waals surface area contributed by atoms with Crippen LogP contribution < -0.4 is 5.56 Å². The molecule has 3 rings (SSSR count). The molecule has 26 heavy (non-hydrogen) atoms. The molecule has 3 aromatic rings. The van der Waals surface area contributed by atoms with Gasteiger partial charge in [0.25, 0.3) is 5.56 Å². The van der Waals surface area contributed by atoms with Crippen LogP contribution in [0.25, 0.3) is 10.9 Å². The van der Waals surface area contributed by atoms with Gasteiger partial charge in [0, 0.05) is 44.5 Å². The Balaban J connectivity index is 1.67. The summed E-state index contributed by atoms with van der Waals surface area (Å²) in [6.45, 7) is 2.85. The van der Waals surface area contributed by atoms with Gasteiger partial charge in [0.2, 0.25) is 5.91 Å². The van der Waals surface area contributed by atoms with E-state index in [9.17, 15) is 9.59 Å². The summed E-state index contributed by atoms with van der Waals surface area (Å²) in [6.07, 6.45) is 4.61. The maximum atomic E-state index is 12.5. The number of rotatable bonds is 6. The van der Waals surface area contributed by atoms with Crippen LogP contribution in [0.4, 0.5) is 0 Å². The van der Waals surface area contributed by atoms with Gasteiger partial charge in [-0.2, -0.15) is 0 Å². The van der Waals surface area contributed by atoms with E-state index in [1.807, 2.05) is 49.4 Å². The Morgan fingerprint density at radius 3 is 2.65 bits per heavy atom. The lowest BCUT2D eigenvalue weighted by atomic mass is 10.1. The Morgan fingerprint density at radius 2 is 1.88 bits per heavy atom. The van der Waals surface area contributed by atoms with Gasteiger partial charge >= 0.3 is 0 Å². The number of pyridine rings is 2. The fourth-order valence-electron chi connectivity index (χ4n) is 3.06. The van der Waals surface area contributed by atoms with Crippen molar-refractivity contribution in [3.05, 3.63) is 76.3 Å². The van der Waals surface area contributed by atoms with Gasteiger partial charge in [-0.05, 0) is 48.6 Å². The number of fused-ring (bicyclic) bond motifs is 1. The number of likely N-dealkylation sites (N-methyl/N-ethyl adjacent to an activating group) is 1. The van der Waals surface area contributed by atoms with Crippen LogP contribution in [0, 0.1) is 6.92 Å². The van der Waals surface area contributed by atoms with Crippen LogP contribution in [0.15, 0.2) is 59.7 Å². The molecular weight excluding hydrogens is 326 g/mol. The monoisotopic (exact) mass is 349 g/mol. The van der Waals surface area contributed by atoms with E-state index in [2.05, 4.69) is 4.98 Å². The Hall–Kier alpha value is -2.95. The van der Waals surface area contributed by atoms with Gasteiger partial charge in [-0.15, -0.1) is 0 Å². The van der Waals surface area contributed by atoms with E-state index in [0.717, 1.165) is 22.9 Å². The minimum absolute atomic E-state index is 0.0315. The third-order valence-corrected chi connectivity index (χ3v) is 4.64. The molecule has 1 amide bonds. The van der Waals surface area contributed by atoms with Crippen LogP contribution in [0.5, 0.6) is 0 Å². The number of para-hydroxylation sites is 1. The van der Waals surface area contributed by atoms with Crippen LogP contribution in [-0.2, 0) is 17.8 Å². The molecule has 0 saturated carbocycles. The van der Waals surface area contributed by atoms with E-state index in [0.29, 0.717) is 25.1 Å². The Morgan fingerprint density at radius 1 is 1.15 bits per heavy atom. The lowest BCUT2D eigenvalue weighted by Gasteiger charge is -2.18. The molecule has 2 heterocycles. The summed E-state index contributed by atoms with van der Waals surface area (Å²) < 4.78 is 1.71. The van der Waals surface area contributed by atoms with E-state index in [4.69, 9.17) is 0 Å². The lowest BCUT2D eigenvalue weighted by molar-refractivity contribution is -0.130. The van der Waals surface area contributed by atoms with E-state index in [1.54, 1.807) is 28.9 Å². The second kappa shape index (κ2) is 7.95. The molecule has 0 aliphatic rings. The minimum atomic E-state index is -0.0315. The molecule has 0 fully saturated rings. The first-order chi connectivity index (χ1) is 12.6. The van der Waals surface area contributed by atoms with Crippen LogP contribution in [0.2, 0.25) is 0 Å². The van der Waals surface area contributed by atoms with Crippen molar-refractivity contribution in [3.8, 4) is 0 Å². The molecule has 5 heteroatoms. The van der Waals surface area contributed by atoms with Gasteiger partial charge in [-0.3, -0.25) is 14.6 Å². The fourth-order valence-corrected chi connectivity index (χ4v) is 3.06. The maximum Gasteiger partial charge on any atom is 0.253 e. The summed E-state index contributed by atoms with van der Waals surface area (Å²) in [6, 6.07) is 13.6. The van der Waals surface area contributed by atoms with Gasteiger partial charge in [-0.1, -0.05) is 18.2 Å². The van der Waals surface area contributed by atoms with Crippen molar-refractivity contribution < 1.29 is 4.79 Å². The zero-order valence-electron chi connectivity index (χ0n) is 15.2. The Bertz CT molecular complexity index is 964. The third-order valence-electron chi connectivity index (χ3n) is 4.64.